The number of halogens is 3. The number of hydrogen-bond acceptors (Lipinski definition) is 1. The molecular weight excluding hydrogens is 543 g/mol. The van der Waals surface area contributed by atoms with Gasteiger partial charge in [0.2, 0.25) is 5.69 Å². The van der Waals surface area contributed by atoms with Crippen LogP contribution in [-0.2, 0) is 10.8 Å². The van der Waals surface area contributed by atoms with Gasteiger partial charge in [0.1, 0.15) is 6.54 Å². The molecule has 0 atom stereocenters. The standard InChI is InChI=1S/C34H38Cl3N2/c1-7-38-28-16-14-24(35)20-26(28)33(3,4)30(38)18-12-22-10-9-11-23(32(22)37)13-19-31-34(5,6)27-21-25(36)15-17-29(27)39(31)8-2/h12-21H,7-11H2,1-6H3/q+1. The molecule has 1 aliphatic carbocycles. The normalized spacial score (nSPS) is 22.0. The van der Waals surface area contributed by atoms with E-state index in [4.69, 9.17) is 34.8 Å². The third kappa shape index (κ3) is 4.83. The van der Waals surface area contributed by atoms with Gasteiger partial charge in [0.15, 0.2) is 5.71 Å². The van der Waals surface area contributed by atoms with E-state index in [0.29, 0.717) is 0 Å². The molecule has 2 aromatic rings. The van der Waals surface area contributed by atoms with Crippen molar-refractivity contribution in [2.24, 2.45) is 0 Å². The number of allylic oxidation sites excluding steroid dienone is 8. The quantitative estimate of drug-likeness (QED) is 0.319. The molecule has 2 nitrogen and oxygen atoms in total. The van der Waals surface area contributed by atoms with Crippen LogP contribution in [0, 0.1) is 0 Å². The highest BCUT2D eigenvalue weighted by molar-refractivity contribution is 6.33. The van der Waals surface area contributed by atoms with Crippen LogP contribution in [0.2, 0.25) is 10.0 Å². The number of benzene rings is 2. The summed E-state index contributed by atoms with van der Waals surface area (Å²) in [6.45, 7) is 15.3. The van der Waals surface area contributed by atoms with E-state index < -0.39 is 0 Å². The van der Waals surface area contributed by atoms with Crippen molar-refractivity contribution in [1.29, 1.82) is 0 Å². The molecule has 0 amide bonds. The molecule has 2 aliphatic heterocycles. The van der Waals surface area contributed by atoms with E-state index in [1.165, 1.54) is 45.1 Å². The molecule has 39 heavy (non-hydrogen) atoms. The second-order valence-corrected chi connectivity index (χ2v) is 13.0. The topological polar surface area (TPSA) is 6.25 Å². The molecule has 0 radical (unpaired) electrons. The lowest BCUT2D eigenvalue weighted by atomic mass is 9.81. The minimum Gasteiger partial charge on any atom is -0.344 e. The van der Waals surface area contributed by atoms with Gasteiger partial charge in [-0.3, -0.25) is 0 Å². The predicted molar refractivity (Wildman–Crippen MR) is 169 cm³/mol. The lowest BCUT2D eigenvalue weighted by Crippen LogP contribution is -2.27. The molecule has 0 fully saturated rings. The highest BCUT2D eigenvalue weighted by Gasteiger charge is 2.44. The molecule has 0 spiro atoms. The Morgan fingerprint density at radius 2 is 1.54 bits per heavy atom. The lowest BCUT2D eigenvalue weighted by molar-refractivity contribution is -0.433. The predicted octanol–water partition coefficient (Wildman–Crippen LogP) is 10.3. The third-order valence-electron chi connectivity index (χ3n) is 8.68. The monoisotopic (exact) mass is 579 g/mol. The van der Waals surface area contributed by atoms with E-state index in [9.17, 15) is 0 Å². The Labute approximate surface area is 249 Å². The van der Waals surface area contributed by atoms with Crippen LogP contribution in [-0.4, -0.2) is 23.4 Å². The largest absolute Gasteiger partial charge is 0.344 e. The van der Waals surface area contributed by atoms with Gasteiger partial charge < -0.3 is 4.90 Å². The molecule has 5 heteroatoms. The first-order valence-electron chi connectivity index (χ1n) is 14.0. The van der Waals surface area contributed by atoms with Crippen LogP contribution < -0.4 is 4.90 Å². The van der Waals surface area contributed by atoms with Crippen LogP contribution >= 0.6 is 34.8 Å². The van der Waals surface area contributed by atoms with Crippen LogP contribution in [0.1, 0.15) is 71.9 Å². The van der Waals surface area contributed by atoms with Gasteiger partial charge in [0, 0.05) is 56.1 Å². The smallest absolute Gasteiger partial charge is 0.209 e. The molecule has 0 bridgehead atoms. The number of anilines is 1. The first kappa shape index (κ1) is 28.3. The summed E-state index contributed by atoms with van der Waals surface area (Å²) in [7, 11) is 0. The fourth-order valence-corrected chi connectivity index (χ4v) is 7.20. The molecule has 2 heterocycles. The van der Waals surface area contributed by atoms with Crippen molar-refractivity contribution >= 4 is 51.9 Å². The molecule has 2 aromatic carbocycles. The molecule has 0 saturated heterocycles. The summed E-state index contributed by atoms with van der Waals surface area (Å²) in [6.07, 6.45) is 12.1. The van der Waals surface area contributed by atoms with Crippen molar-refractivity contribution in [2.45, 2.75) is 71.6 Å². The van der Waals surface area contributed by atoms with Gasteiger partial charge in [-0.1, -0.05) is 60.8 Å². The maximum absolute atomic E-state index is 7.08. The second-order valence-electron chi connectivity index (χ2n) is 11.7. The maximum Gasteiger partial charge on any atom is 0.209 e. The Morgan fingerprint density at radius 1 is 0.846 bits per heavy atom. The van der Waals surface area contributed by atoms with Gasteiger partial charge in [0.05, 0.1) is 5.41 Å². The summed E-state index contributed by atoms with van der Waals surface area (Å²) in [5.74, 6) is 0. The van der Waals surface area contributed by atoms with E-state index in [1.807, 2.05) is 12.1 Å². The minimum atomic E-state index is -0.132. The van der Waals surface area contributed by atoms with E-state index in [-0.39, 0.29) is 10.8 Å². The highest BCUT2D eigenvalue weighted by Crippen LogP contribution is 2.49. The number of hydrogen-bond donors (Lipinski definition) is 0. The second kappa shape index (κ2) is 10.6. The van der Waals surface area contributed by atoms with Gasteiger partial charge in [-0.05, 0) is 100 Å². The minimum absolute atomic E-state index is 0.132. The van der Waals surface area contributed by atoms with Gasteiger partial charge >= 0.3 is 0 Å². The zero-order valence-corrected chi connectivity index (χ0v) is 26.1. The molecule has 0 unspecified atom stereocenters. The van der Waals surface area contributed by atoms with Crippen LogP contribution in [0.3, 0.4) is 0 Å². The van der Waals surface area contributed by atoms with Crippen molar-refractivity contribution in [3.63, 3.8) is 0 Å². The van der Waals surface area contributed by atoms with Crippen LogP contribution in [0.4, 0.5) is 11.4 Å². The van der Waals surface area contributed by atoms with Gasteiger partial charge in [-0.15, -0.1) is 0 Å². The Morgan fingerprint density at radius 3 is 2.23 bits per heavy atom. The van der Waals surface area contributed by atoms with Crippen LogP contribution in [0.25, 0.3) is 0 Å². The van der Waals surface area contributed by atoms with E-state index in [0.717, 1.165) is 47.4 Å². The summed E-state index contributed by atoms with van der Waals surface area (Å²) in [5, 5.41) is 2.44. The summed E-state index contributed by atoms with van der Waals surface area (Å²) >= 11 is 19.8. The first-order chi connectivity index (χ1) is 18.5. The van der Waals surface area contributed by atoms with Crippen molar-refractivity contribution in [3.8, 4) is 0 Å². The van der Waals surface area contributed by atoms with Gasteiger partial charge in [-0.2, -0.15) is 4.58 Å². The Bertz CT molecular complexity index is 1480. The highest BCUT2D eigenvalue weighted by atomic mass is 35.5. The maximum atomic E-state index is 7.08. The van der Waals surface area contributed by atoms with Gasteiger partial charge in [0.25, 0.3) is 0 Å². The molecule has 3 aliphatic rings. The van der Waals surface area contributed by atoms with Crippen molar-refractivity contribution < 1.29 is 4.58 Å². The molecule has 5 rings (SSSR count). The number of fused-ring (bicyclic) bond motifs is 2. The third-order valence-corrected chi connectivity index (χ3v) is 9.64. The SMILES string of the molecule is CCN1/C(=C/C=C2\CCCC(/C=C/C3=[N+](CC)c4ccc(Cl)cc4C3(C)C)=C2Cl)C(C)(C)c2cc(Cl)ccc21. The Hall–Kier alpha value is -2.26. The number of nitrogens with zero attached hydrogens (tertiary/aromatic N) is 2. The molecule has 204 valence electrons. The fourth-order valence-electron chi connectivity index (χ4n) is 6.54. The average Bonchev–Trinajstić information content (AvgIpc) is 3.24. The average molecular weight is 581 g/mol. The summed E-state index contributed by atoms with van der Waals surface area (Å²) in [5.41, 5.74) is 9.72. The van der Waals surface area contributed by atoms with Crippen molar-refractivity contribution in [3.05, 3.63) is 104 Å². The molecule has 0 N–H and O–H groups in total. The van der Waals surface area contributed by atoms with Crippen molar-refractivity contribution in [2.75, 3.05) is 18.0 Å². The molecule has 0 saturated carbocycles. The van der Waals surface area contributed by atoms with E-state index >= 15 is 0 Å². The number of likely N-dealkylation sites (N-methyl/N-ethyl adjacent to an activating group) is 1. The summed E-state index contributed by atoms with van der Waals surface area (Å²) < 4.78 is 2.39. The van der Waals surface area contributed by atoms with E-state index in [1.54, 1.807) is 0 Å². The molecular formula is C34H38Cl3N2+. The zero-order valence-electron chi connectivity index (χ0n) is 23.8. The summed E-state index contributed by atoms with van der Waals surface area (Å²) in [6, 6.07) is 12.5. The fraction of sp³-hybridized carbons (Fsp3) is 0.382. The Kier molecular flexibility index (Phi) is 7.70. The van der Waals surface area contributed by atoms with Gasteiger partial charge in [-0.25, -0.2) is 0 Å². The Balaban J connectivity index is 1.49. The van der Waals surface area contributed by atoms with Crippen molar-refractivity contribution in [1.82, 2.24) is 0 Å². The first-order valence-corrected chi connectivity index (χ1v) is 15.1. The van der Waals surface area contributed by atoms with Crippen LogP contribution in [0.15, 0.2) is 82.6 Å². The number of rotatable bonds is 5. The lowest BCUT2D eigenvalue weighted by Gasteiger charge is -2.26. The summed E-state index contributed by atoms with van der Waals surface area (Å²) in [4.78, 5) is 2.39. The van der Waals surface area contributed by atoms with Crippen LogP contribution in [0.5, 0.6) is 0 Å². The van der Waals surface area contributed by atoms with E-state index in [2.05, 4.69) is 99.6 Å². The molecule has 0 aromatic heterocycles. The zero-order chi connectivity index (χ0) is 28.1.